The van der Waals surface area contributed by atoms with E-state index in [2.05, 4.69) is 32.0 Å². The summed E-state index contributed by atoms with van der Waals surface area (Å²) in [5.74, 6) is 0.957. The van der Waals surface area contributed by atoms with Gasteiger partial charge in [0, 0.05) is 54.1 Å². The molecule has 0 bridgehead atoms. The highest BCUT2D eigenvalue weighted by molar-refractivity contribution is 5.99. The summed E-state index contributed by atoms with van der Waals surface area (Å²) in [5, 5.41) is 4.27. The van der Waals surface area contributed by atoms with E-state index in [1.807, 2.05) is 48.8 Å². The second kappa shape index (κ2) is 8.19. The molecule has 0 atom stereocenters. The summed E-state index contributed by atoms with van der Waals surface area (Å²) in [5.41, 5.74) is 5.85. The van der Waals surface area contributed by atoms with Crippen LogP contribution in [0.4, 0.5) is 0 Å². The first kappa shape index (κ1) is 18.7. The maximum atomic E-state index is 12.7. The molecule has 5 heteroatoms. The van der Waals surface area contributed by atoms with Crippen LogP contribution in [0.15, 0.2) is 60.9 Å². The highest BCUT2D eigenvalue weighted by atomic mass is 16.1. The zero-order valence-electron chi connectivity index (χ0n) is 17.0. The summed E-state index contributed by atoms with van der Waals surface area (Å²) < 4.78 is 2.14. The summed E-state index contributed by atoms with van der Waals surface area (Å²) in [6, 6.07) is 16.3. The minimum Gasteiger partial charge on any atom is -0.358 e. The van der Waals surface area contributed by atoms with Crippen LogP contribution in [0.5, 0.6) is 0 Å². The minimum absolute atomic E-state index is 0.0242. The molecule has 5 rings (SSSR count). The number of carbonyl (C=O) groups is 1. The molecule has 0 saturated heterocycles. The predicted molar refractivity (Wildman–Crippen MR) is 119 cm³/mol. The average molecular weight is 399 g/mol. The number of carbonyl (C=O) groups excluding carboxylic acids is 1. The van der Waals surface area contributed by atoms with Crippen molar-refractivity contribution in [1.29, 1.82) is 0 Å². The largest absolute Gasteiger partial charge is 0.358 e. The first-order chi connectivity index (χ1) is 14.8. The molecule has 0 spiro atoms. The third-order valence-corrected chi connectivity index (χ3v) is 5.99. The number of H-pyrrole nitrogens is 1. The van der Waals surface area contributed by atoms with Crippen molar-refractivity contribution >= 4 is 16.8 Å². The van der Waals surface area contributed by atoms with Gasteiger partial charge in [0.15, 0.2) is 0 Å². The number of hydrogen-bond donors (Lipinski definition) is 2. The van der Waals surface area contributed by atoms with E-state index in [1.165, 1.54) is 35.0 Å². The van der Waals surface area contributed by atoms with Crippen molar-refractivity contribution < 1.29 is 4.79 Å². The molecule has 1 aliphatic rings. The van der Waals surface area contributed by atoms with Gasteiger partial charge in [-0.25, -0.2) is 4.98 Å². The second-order valence-corrected chi connectivity index (χ2v) is 8.01. The molecular weight excluding hydrogens is 372 g/mol. The van der Waals surface area contributed by atoms with Gasteiger partial charge in [-0.3, -0.25) is 4.79 Å². The standard InChI is InChI=1S/C25H26N4O/c30-25(19-10-11-23-21(16-19)20-8-4-5-9-22(20)28-23)27-13-12-24-26-14-15-29(24)17-18-6-2-1-3-7-18/h1-3,6-7,10-11,14-16,28H,4-5,8-9,12-13,17H2,(H,27,30). The van der Waals surface area contributed by atoms with E-state index < -0.39 is 0 Å². The maximum absolute atomic E-state index is 12.7. The fourth-order valence-electron chi connectivity index (χ4n) is 4.43. The first-order valence-corrected chi connectivity index (χ1v) is 10.7. The lowest BCUT2D eigenvalue weighted by atomic mass is 9.95. The normalized spacial score (nSPS) is 13.3. The lowest BCUT2D eigenvalue weighted by Crippen LogP contribution is -2.26. The Morgan fingerprint density at radius 1 is 1.10 bits per heavy atom. The van der Waals surface area contributed by atoms with Crippen LogP contribution in [-0.2, 0) is 25.8 Å². The Hall–Kier alpha value is -3.34. The van der Waals surface area contributed by atoms with Gasteiger partial charge in [0.1, 0.15) is 5.82 Å². The van der Waals surface area contributed by atoms with Gasteiger partial charge in [0.2, 0.25) is 0 Å². The van der Waals surface area contributed by atoms with Crippen LogP contribution in [0.25, 0.3) is 10.9 Å². The summed E-state index contributed by atoms with van der Waals surface area (Å²) >= 11 is 0. The molecular formula is C25H26N4O. The van der Waals surface area contributed by atoms with E-state index in [4.69, 9.17) is 0 Å². The molecule has 2 N–H and O–H groups in total. The number of aromatic amines is 1. The molecule has 2 aromatic heterocycles. The molecule has 5 nitrogen and oxygen atoms in total. The Morgan fingerprint density at radius 2 is 1.97 bits per heavy atom. The smallest absolute Gasteiger partial charge is 0.251 e. The van der Waals surface area contributed by atoms with Crippen molar-refractivity contribution in [3.8, 4) is 0 Å². The van der Waals surface area contributed by atoms with Crippen LogP contribution in [-0.4, -0.2) is 27.0 Å². The van der Waals surface area contributed by atoms with E-state index in [9.17, 15) is 4.79 Å². The zero-order valence-corrected chi connectivity index (χ0v) is 17.0. The number of aryl methyl sites for hydroxylation is 2. The number of hydrogen-bond acceptors (Lipinski definition) is 2. The van der Waals surface area contributed by atoms with Gasteiger partial charge < -0.3 is 14.9 Å². The van der Waals surface area contributed by atoms with Gasteiger partial charge in [-0.05, 0) is 55.0 Å². The molecule has 0 aliphatic heterocycles. The molecule has 1 amide bonds. The van der Waals surface area contributed by atoms with Gasteiger partial charge in [-0.1, -0.05) is 30.3 Å². The topological polar surface area (TPSA) is 62.7 Å². The molecule has 2 heterocycles. The molecule has 4 aromatic rings. The predicted octanol–water partition coefficient (Wildman–Crippen LogP) is 4.26. The van der Waals surface area contributed by atoms with E-state index in [-0.39, 0.29) is 5.91 Å². The lowest BCUT2D eigenvalue weighted by molar-refractivity contribution is 0.0954. The Balaban J connectivity index is 1.23. The molecule has 0 fully saturated rings. The molecule has 0 unspecified atom stereocenters. The van der Waals surface area contributed by atoms with Crippen LogP contribution in [0, 0.1) is 0 Å². The van der Waals surface area contributed by atoms with E-state index >= 15 is 0 Å². The molecule has 1 aliphatic carbocycles. The first-order valence-electron chi connectivity index (χ1n) is 10.7. The SMILES string of the molecule is O=C(NCCc1nccn1Cc1ccccc1)c1ccc2[nH]c3c(c2c1)CCCC3. The Kier molecular flexibility index (Phi) is 5.10. The second-order valence-electron chi connectivity index (χ2n) is 8.01. The lowest BCUT2D eigenvalue weighted by Gasteiger charge is -2.11. The van der Waals surface area contributed by atoms with E-state index in [0.717, 1.165) is 36.3 Å². The van der Waals surface area contributed by atoms with Crippen molar-refractivity contribution in [2.75, 3.05) is 6.54 Å². The third-order valence-electron chi connectivity index (χ3n) is 5.99. The number of nitrogens with one attached hydrogen (secondary N) is 2. The fourth-order valence-corrected chi connectivity index (χ4v) is 4.43. The number of rotatable bonds is 6. The number of fused-ring (bicyclic) bond motifs is 3. The van der Waals surface area contributed by atoms with Crippen molar-refractivity contribution in [2.45, 2.75) is 38.6 Å². The van der Waals surface area contributed by atoms with Gasteiger partial charge in [0.05, 0.1) is 0 Å². The Morgan fingerprint density at radius 3 is 2.87 bits per heavy atom. The van der Waals surface area contributed by atoms with Gasteiger partial charge in [0.25, 0.3) is 5.91 Å². The number of imidazole rings is 1. The maximum Gasteiger partial charge on any atom is 0.251 e. The number of aromatic nitrogens is 3. The van der Waals surface area contributed by atoms with E-state index in [1.54, 1.807) is 0 Å². The average Bonchev–Trinajstić information content (AvgIpc) is 3.38. The molecule has 152 valence electrons. The summed E-state index contributed by atoms with van der Waals surface area (Å²) in [6.07, 6.45) is 9.20. The molecule has 0 radical (unpaired) electrons. The number of amides is 1. The van der Waals surface area contributed by atoms with E-state index in [0.29, 0.717) is 13.0 Å². The highest BCUT2D eigenvalue weighted by Gasteiger charge is 2.16. The number of benzene rings is 2. The van der Waals surface area contributed by atoms with Gasteiger partial charge in [-0.2, -0.15) is 0 Å². The summed E-state index contributed by atoms with van der Waals surface area (Å²) in [7, 11) is 0. The van der Waals surface area contributed by atoms with Crippen LogP contribution in [0.3, 0.4) is 0 Å². The zero-order chi connectivity index (χ0) is 20.3. The molecule has 30 heavy (non-hydrogen) atoms. The van der Waals surface area contributed by atoms with Crippen LogP contribution in [0.1, 0.15) is 45.8 Å². The van der Waals surface area contributed by atoms with Crippen molar-refractivity contribution in [1.82, 2.24) is 19.9 Å². The summed E-state index contributed by atoms with van der Waals surface area (Å²) in [4.78, 5) is 20.7. The monoisotopic (exact) mass is 398 g/mol. The third kappa shape index (κ3) is 3.75. The Labute approximate surface area is 176 Å². The van der Waals surface area contributed by atoms with Crippen molar-refractivity contribution in [3.05, 3.63) is 89.1 Å². The Bertz CT molecular complexity index is 1170. The van der Waals surface area contributed by atoms with Crippen molar-refractivity contribution in [2.24, 2.45) is 0 Å². The van der Waals surface area contributed by atoms with Crippen molar-refractivity contribution in [3.63, 3.8) is 0 Å². The fraction of sp³-hybridized carbons (Fsp3) is 0.280. The van der Waals surface area contributed by atoms with Gasteiger partial charge >= 0.3 is 0 Å². The van der Waals surface area contributed by atoms with Crippen LogP contribution in [0.2, 0.25) is 0 Å². The summed E-state index contributed by atoms with van der Waals surface area (Å²) in [6.45, 7) is 1.35. The van der Waals surface area contributed by atoms with Gasteiger partial charge in [-0.15, -0.1) is 0 Å². The molecule has 2 aromatic carbocycles. The van der Waals surface area contributed by atoms with Crippen LogP contribution >= 0.6 is 0 Å². The quantitative estimate of drug-likeness (QED) is 0.510. The highest BCUT2D eigenvalue weighted by Crippen LogP contribution is 2.29. The van der Waals surface area contributed by atoms with Crippen LogP contribution < -0.4 is 5.32 Å². The minimum atomic E-state index is -0.0242. The number of nitrogens with zero attached hydrogens (tertiary/aromatic N) is 2. The molecule has 0 saturated carbocycles.